The molecular weight excluding hydrogens is 451 g/mol. The summed E-state index contributed by atoms with van der Waals surface area (Å²) in [7, 11) is 0. The van der Waals surface area contributed by atoms with Crippen LogP contribution in [0.25, 0.3) is 16.9 Å². The van der Waals surface area contributed by atoms with Gasteiger partial charge in [0.15, 0.2) is 11.3 Å². The van der Waals surface area contributed by atoms with E-state index >= 15 is 0 Å². The van der Waals surface area contributed by atoms with Crippen LogP contribution in [0.2, 0.25) is 0 Å². The van der Waals surface area contributed by atoms with E-state index in [1.165, 1.54) is 18.6 Å². The molecular formula is C19H15F5N8O. The maximum absolute atomic E-state index is 13.0. The van der Waals surface area contributed by atoms with Crippen molar-refractivity contribution in [3.8, 4) is 5.82 Å². The summed E-state index contributed by atoms with van der Waals surface area (Å²) in [6.07, 6.45) is -3.66. The third kappa shape index (κ3) is 3.81. The van der Waals surface area contributed by atoms with Crippen LogP contribution in [0.1, 0.15) is 11.4 Å². The molecule has 1 aliphatic rings. The van der Waals surface area contributed by atoms with Gasteiger partial charge >= 0.3 is 6.18 Å². The van der Waals surface area contributed by atoms with Crippen molar-refractivity contribution < 1.29 is 22.0 Å². The second-order valence-electron chi connectivity index (χ2n) is 7.41. The molecule has 0 radical (unpaired) electrons. The second-order valence-corrected chi connectivity index (χ2v) is 7.41. The molecule has 0 bridgehead atoms. The van der Waals surface area contributed by atoms with Crippen LogP contribution in [0.3, 0.4) is 0 Å². The minimum atomic E-state index is -4.55. The van der Waals surface area contributed by atoms with Crippen LogP contribution in [-0.2, 0) is 25.8 Å². The molecule has 33 heavy (non-hydrogen) atoms. The molecule has 5 heterocycles. The summed E-state index contributed by atoms with van der Waals surface area (Å²) >= 11 is 0. The molecule has 172 valence electrons. The standard InChI is InChI=1S/C19H15F5N8O/c20-15(21)9-32-17-13(7-27-32)26-10-30(18(17)33)16-6-12-8-29(3-4-31(12)28-16)11-1-2-25-14(5-11)19(22,23)24/h1-2,5-7,10,15H,3-4,8-9H2. The molecule has 0 amide bonds. The summed E-state index contributed by atoms with van der Waals surface area (Å²) in [5.74, 6) is 0.224. The SMILES string of the molecule is O=c1c2c(cnn2CC(F)F)ncn1-c1cc2n(n1)CCN(c1ccnc(C(F)(F)F)c1)C2. The molecule has 0 aromatic carbocycles. The highest BCUT2D eigenvalue weighted by atomic mass is 19.4. The number of pyridine rings is 1. The summed E-state index contributed by atoms with van der Waals surface area (Å²) in [6, 6.07) is 4.09. The van der Waals surface area contributed by atoms with Gasteiger partial charge in [0.1, 0.15) is 24.1 Å². The molecule has 5 rings (SSSR count). The molecule has 14 heteroatoms. The molecule has 0 saturated carbocycles. The molecule has 0 N–H and O–H groups in total. The Morgan fingerprint density at radius 3 is 2.70 bits per heavy atom. The lowest BCUT2D eigenvalue weighted by molar-refractivity contribution is -0.141. The highest BCUT2D eigenvalue weighted by Gasteiger charge is 2.33. The van der Waals surface area contributed by atoms with Crippen molar-refractivity contribution in [2.75, 3.05) is 11.4 Å². The average molecular weight is 466 g/mol. The predicted molar refractivity (Wildman–Crippen MR) is 105 cm³/mol. The maximum Gasteiger partial charge on any atom is 0.433 e. The largest absolute Gasteiger partial charge is 0.433 e. The number of anilines is 1. The predicted octanol–water partition coefficient (Wildman–Crippen LogP) is 2.48. The fourth-order valence-electron chi connectivity index (χ4n) is 3.77. The van der Waals surface area contributed by atoms with Crippen LogP contribution in [0.15, 0.2) is 41.7 Å². The lowest BCUT2D eigenvalue weighted by atomic mass is 10.2. The van der Waals surface area contributed by atoms with Gasteiger partial charge in [-0.05, 0) is 12.1 Å². The van der Waals surface area contributed by atoms with E-state index in [1.807, 2.05) is 0 Å². The second kappa shape index (κ2) is 7.64. The summed E-state index contributed by atoms with van der Waals surface area (Å²) in [4.78, 5) is 22.2. The van der Waals surface area contributed by atoms with E-state index in [4.69, 9.17) is 0 Å². The highest BCUT2D eigenvalue weighted by Crippen LogP contribution is 2.31. The van der Waals surface area contributed by atoms with Crippen molar-refractivity contribution in [1.29, 1.82) is 0 Å². The summed E-state index contributed by atoms with van der Waals surface area (Å²) in [5.41, 5.74) is -0.440. The number of aromatic nitrogens is 7. The van der Waals surface area contributed by atoms with Gasteiger partial charge in [0.05, 0.1) is 25.0 Å². The Kier molecular flexibility index (Phi) is 4.87. The molecule has 0 atom stereocenters. The van der Waals surface area contributed by atoms with E-state index in [2.05, 4.69) is 20.2 Å². The van der Waals surface area contributed by atoms with Crippen molar-refractivity contribution in [1.82, 2.24) is 34.1 Å². The number of halogens is 5. The van der Waals surface area contributed by atoms with Gasteiger partial charge in [0, 0.05) is 24.5 Å². The molecule has 0 spiro atoms. The molecule has 0 saturated heterocycles. The molecule has 9 nitrogen and oxygen atoms in total. The first-order chi connectivity index (χ1) is 15.7. The number of hydrogen-bond donors (Lipinski definition) is 0. The number of hydrogen-bond acceptors (Lipinski definition) is 6. The van der Waals surface area contributed by atoms with E-state index in [0.717, 1.165) is 21.5 Å². The number of nitrogens with zero attached hydrogens (tertiary/aromatic N) is 8. The zero-order valence-electron chi connectivity index (χ0n) is 16.7. The van der Waals surface area contributed by atoms with Gasteiger partial charge in [-0.15, -0.1) is 0 Å². The van der Waals surface area contributed by atoms with Crippen molar-refractivity contribution in [2.24, 2.45) is 0 Å². The summed E-state index contributed by atoms with van der Waals surface area (Å²) < 4.78 is 68.4. The van der Waals surface area contributed by atoms with Gasteiger partial charge in [-0.2, -0.15) is 23.4 Å². The lowest BCUT2D eigenvalue weighted by Crippen LogP contribution is -2.34. The third-order valence-corrected chi connectivity index (χ3v) is 5.30. The van der Waals surface area contributed by atoms with Crippen molar-refractivity contribution in [2.45, 2.75) is 32.2 Å². The number of alkyl halides is 5. The average Bonchev–Trinajstić information content (AvgIpc) is 3.37. The van der Waals surface area contributed by atoms with Gasteiger partial charge in [0.25, 0.3) is 12.0 Å². The van der Waals surface area contributed by atoms with Crippen LogP contribution in [0, 0.1) is 0 Å². The van der Waals surface area contributed by atoms with E-state index in [-0.39, 0.29) is 23.4 Å². The van der Waals surface area contributed by atoms with Crippen molar-refractivity contribution in [3.63, 3.8) is 0 Å². The summed E-state index contributed by atoms with van der Waals surface area (Å²) in [6.45, 7) is 0.266. The van der Waals surface area contributed by atoms with E-state index in [1.54, 1.807) is 15.6 Å². The Labute approximate surface area is 181 Å². The monoisotopic (exact) mass is 466 g/mol. The molecule has 4 aromatic rings. The summed E-state index contributed by atoms with van der Waals surface area (Å²) in [5, 5.41) is 8.20. The highest BCUT2D eigenvalue weighted by molar-refractivity contribution is 5.72. The Balaban J connectivity index is 1.47. The van der Waals surface area contributed by atoms with Gasteiger partial charge in [-0.1, -0.05) is 0 Å². The van der Waals surface area contributed by atoms with Crippen molar-refractivity contribution >= 4 is 16.7 Å². The van der Waals surface area contributed by atoms with Crippen LogP contribution in [-0.4, -0.2) is 47.1 Å². The van der Waals surface area contributed by atoms with Crippen LogP contribution in [0.4, 0.5) is 27.6 Å². The quantitative estimate of drug-likeness (QED) is 0.430. The van der Waals surface area contributed by atoms with Crippen molar-refractivity contribution in [3.05, 3.63) is 58.7 Å². The zero-order valence-corrected chi connectivity index (χ0v) is 16.7. The van der Waals surface area contributed by atoms with E-state index < -0.39 is 30.4 Å². The Morgan fingerprint density at radius 1 is 1.12 bits per heavy atom. The van der Waals surface area contributed by atoms with Crippen LogP contribution < -0.4 is 10.5 Å². The Hall–Kier alpha value is -3.84. The van der Waals surface area contributed by atoms with E-state index in [0.29, 0.717) is 24.5 Å². The van der Waals surface area contributed by atoms with Crippen LogP contribution >= 0.6 is 0 Å². The number of fused-ring (bicyclic) bond motifs is 2. The molecule has 0 aliphatic carbocycles. The topological polar surface area (TPSA) is 86.7 Å². The first-order valence-electron chi connectivity index (χ1n) is 9.77. The van der Waals surface area contributed by atoms with Gasteiger partial charge in [0.2, 0.25) is 0 Å². The van der Waals surface area contributed by atoms with Gasteiger partial charge in [-0.25, -0.2) is 18.3 Å². The Morgan fingerprint density at radius 2 is 1.94 bits per heavy atom. The minimum absolute atomic E-state index is 0.0677. The maximum atomic E-state index is 13.0. The fraction of sp³-hybridized carbons (Fsp3) is 0.316. The smallest absolute Gasteiger partial charge is 0.364 e. The Bertz CT molecular complexity index is 1390. The first-order valence-corrected chi connectivity index (χ1v) is 9.77. The molecule has 0 unspecified atom stereocenters. The fourth-order valence-corrected chi connectivity index (χ4v) is 3.77. The normalized spacial score (nSPS) is 14.3. The minimum Gasteiger partial charge on any atom is -0.364 e. The van der Waals surface area contributed by atoms with Gasteiger partial charge < -0.3 is 4.90 Å². The molecule has 1 aliphatic heterocycles. The first kappa shape index (κ1) is 21.0. The molecule has 4 aromatic heterocycles. The molecule has 0 fully saturated rings. The van der Waals surface area contributed by atoms with Gasteiger partial charge in [-0.3, -0.25) is 19.1 Å². The van der Waals surface area contributed by atoms with Crippen LogP contribution in [0.5, 0.6) is 0 Å². The zero-order chi connectivity index (χ0) is 23.3. The number of rotatable bonds is 4. The lowest BCUT2D eigenvalue weighted by Gasteiger charge is -2.29. The third-order valence-electron chi connectivity index (χ3n) is 5.30. The van der Waals surface area contributed by atoms with E-state index in [9.17, 15) is 26.7 Å².